The number of Topliss-reactive ketones (excluding diaryl/α,β-unsaturated/α-hetero) is 1. The molecule has 0 bridgehead atoms. The summed E-state index contributed by atoms with van der Waals surface area (Å²) in [5.41, 5.74) is 0.712. The highest BCUT2D eigenvalue weighted by atomic mass is 16.1. The first kappa shape index (κ1) is 6.86. The van der Waals surface area contributed by atoms with Crippen molar-refractivity contribution in [1.29, 1.82) is 0 Å². The van der Waals surface area contributed by atoms with Crippen molar-refractivity contribution in [2.45, 2.75) is 6.92 Å². The molecule has 0 aliphatic carbocycles. The van der Waals surface area contributed by atoms with Crippen molar-refractivity contribution >= 4 is 11.6 Å². The minimum absolute atomic E-state index is 0.0813. The fourth-order valence-corrected chi connectivity index (χ4v) is 0.742. The lowest BCUT2D eigenvalue weighted by Crippen LogP contribution is -1.87. The van der Waals surface area contributed by atoms with Gasteiger partial charge in [0.2, 0.25) is 0 Å². The van der Waals surface area contributed by atoms with Gasteiger partial charge in [-0.2, -0.15) is 0 Å². The van der Waals surface area contributed by atoms with Crippen LogP contribution in [0.2, 0.25) is 0 Å². The molecule has 1 aromatic rings. The maximum absolute atomic E-state index is 10.7. The summed E-state index contributed by atoms with van der Waals surface area (Å²) in [5.74, 6) is 0.947. The summed E-state index contributed by atoms with van der Waals surface area (Å²) < 4.78 is 0. The molecule has 0 unspecified atom stereocenters. The summed E-state index contributed by atoms with van der Waals surface area (Å²) in [6, 6.07) is 1.78. The van der Waals surface area contributed by atoms with Gasteiger partial charge in [-0.3, -0.25) is 4.79 Å². The van der Waals surface area contributed by atoms with E-state index in [4.69, 9.17) is 0 Å². The van der Waals surface area contributed by atoms with Gasteiger partial charge in [-0.1, -0.05) is 0 Å². The largest absolute Gasteiger partial charge is 0.375 e. The average Bonchev–Trinajstić information content (AvgIpc) is 2.34. The Kier molecular flexibility index (Phi) is 1.76. The van der Waals surface area contributed by atoms with Gasteiger partial charge in [0.05, 0.1) is 0 Å². The highest BCUT2D eigenvalue weighted by Gasteiger charge is 2.00. The zero-order valence-electron chi connectivity index (χ0n) is 6.06. The first-order chi connectivity index (χ1) is 4.74. The van der Waals surface area contributed by atoms with Gasteiger partial charge in [0.1, 0.15) is 5.82 Å². The Hall–Kier alpha value is -1.25. The van der Waals surface area contributed by atoms with Crippen LogP contribution >= 0.6 is 0 Å². The van der Waals surface area contributed by atoms with Crippen LogP contribution in [0.5, 0.6) is 0 Å². The number of carbonyl (C=O) groups is 1. The molecular formula is C7H10N2O. The summed E-state index contributed by atoms with van der Waals surface area (Å²) in [5, 5.41) is 2.89. The Labute approximate surface area is 59.4 Å². The number of rotatable bonds is 2. The van der Waals surface area contributed by atoms with Gasteiger partial charge in [0.25, 0.3) is 0 Å². The van der Waals surface area contributed by atoms with Crippen LogP contribution in [0.1, 0.15) is 17.3 Å². The standard InChI is InChI=1S/C7H10N2O/c1-5(10)6-3-7(8-2)9-4-6/h3-4,8-9H,1-2H3. The topological polar surface area (TPSA) is 44.9 Å². The summed E-state index contributed by atoms with van der Waals surface area (Å²) in [6.07, 6.45) is 1.69. The van der Waals surface area contributed by atoms with E-state index < -0.39 is 0 Å². The molecule has 0 amide bonds. The molecule has 0 aromatic carbocycles. The van der Waals surface area contributed by atoms with E-state index in [1.807, 2.05) is 0 Å². The van der Waals surface area contributed by atoms with Crippen LogP contribution in [0.25, 0.3) is 0 Å². The maximum atomic E-state index is 10.7. The predicted molar refractivity (Wildman–Crippen MR) is 40.3 cm³/mol. The highest BCUT2D eigenvalue weighted by molar-refractivity contribution is 5.94. The van der Waals surface area contributed by atoms with Crippen molar-refractivity contribution in [2.75, 3.05) is 12.4 Å². The molecule has 1 aromatic heterocycles. The molecule has 1 heterocycles. The van der Waals surface area contributed by atoms with Crippen molar-refractivity contribution in [3.05, 3.63) is 17.8 Å². The fraction of sp³-hybridized carbons (Fsp3) is 0.286. The number of hydrogen-bond donors (Lipinski definition) is 2. The van der Waals surface area contributed by atoms with E-state index in [0.717, 1.165) is 5.82 Å². The number of hydrogen-bond acceptors (Lipinski definition) is 2. The molecule has 0 aliphatic heterocycles. The molecule has 2 N–H and O–H groups in total. The molecule has 10 heavy (non-hydrogen) atoms. The van der Waals surface area contributed by atoms with Gasteiger partial charge in [-0.15, -0.1) is 0 Å². The summed E-state index contributed by atoms with van der Waals surface area (Å²) in [7, 11) is 1.80. The number of H-pyrrole nitrogens is 1. The van der Waals surface area contributed by atoms with E-state index in [0.29, 0.717) is 5.56 Å². The number of ketones is 1. The van der Waals surface area contributed by atoms with Crippen LogP contribution in [0.3, 0.4) is 0 Å². The summed E-state index contributed by atoms with van der Waals surface area (Å²) in [4.78, 5) is 13.6. The minimum Gasteiger partial charge on any atom is -0.375 e. The quantitative estimate of drug-likeness (QED) is 0.604. The Balaban J connectivity index is 2.88. The second-order valence-electron chi connectivity index (χ2n) is 2.11. The van der Waals surface area contributed by atoms with E-state index in [9.17, 15) is 4.79 Å². The van der Waals surface area contributed by atoms with E-state index in [-0.39, 0.29) is 5.78 Å². The molecule has 0 atom stereocenters. The lowest BCUT2D eigenvalue weighted by molar-refractivity contribution is 0.101. The Morgan fingerprint density at radius 1 is 1.70 bits per heavy atom. The van der Waals surface area contributed by atoms with Gasteiger partial charge in [-0.05, 0) is 13.0 Å². The van der Waals surface area contributed by atoms with Crippen LogP contribution < -0.4 is 5.32 Å². The number of nitrogens with one attached hydrogen (secondary N) is 2. The monoisotopic (exact) mass is 138 g/mol. The normalized spacial score (nSPS) is 9.40. The molecule has 0 saturated heterocycles. The molecule has 1 rings (SSSR count). The fourth-order valence-electron chi connectivity index (χ4n) is 0.742. The van der Waals surface area contributed by atoms with E-state index in [1.165, 1.54) is 0 Å². The minimum atomic E-state index is 0.0813. The number of anilines is 1. The smallest absolute Gasteiger partial charge is 0.161 e. The third-order valence-electron chi connectivity index (χ3n) is 1.36. The van der Waals surface area contributed by atoms with E-state index in [1.54, 1.807) is 26.2 Å². The van der Waals surface area contributed by atoms with Crippen LogP contribution in [-0.2, 0) is 0 Å². The average molecular weight is 138 g/mol. The predicted octanol–water partition coefficient (Wildman–Crippen LogP) is 1.26. The van der Waals surface area contributed by atoms with Crippen molar-refractivity contribution in [1.82, 2.24) is 4.98 Å². The van der Waals surface area contributed by atoms with Gasteiger partial charge < -0.3 is 10.3 Å². The summed E-state index contributed by atoms with van der Waals surface area (Å²) >= 11 is 0. The third kappa shape index (κ3) is 1.18. The zero-order valence-corrected chi connectivity index (χ0v) is 6.06. The maximum Gasteiger partial charge on any atom is 0.161 e. The second kappa shape index (κ2) is 2.56. The Morgan fingerprint density at radius 2 is 2.40 bits per heavy atom. The van der Waals surface area contributed by atoms with Gasteiger partial charge >= 0.3 is 0 Å². The highest BCUT2D eigenvalue weighted by Crippen LogP contribution is 2.07. The van der Waals surface area contributed by atoms with Crippen molar-refractivity contribution in [3.63, 3.8) is 0 Å². The third-order valence-corrected chi connectivity index (χ3v) is 1.36. The van der Waals surface area contributed by atoms with E-state index >= 15 is 0 Å². The van der Waals surface area contributed by atoms with E-state index in [2.05, 4.69) is 10.3 Å². The molecule has 54 valence electrons. The number of aromatic amines is 1. The van der Waals surface area contributed by atoms with Crippen LogP contribution in [0.4, 0.5) is 5.82 Å². The first-order valence-electron chi connectivity index (χ1n) is 3.11. The molecule has 0 aliphatic rings. The van der Waals surface area contributed by atoms with Crippen molar-refractivity contribution < 1.29 is 4.79 Å². The second-order valence-corrected chi connectivity index (χ2v) is 2.11. The van der Waals surface area contributed by atoms with Gasteiger partial charge in [0, 0.05) is 18.8 Å². The molecule has 0 spiro atoms. The van der Waals surface area contributed by atoms with Crippen LogP contribution in [-0.4, -0.2) is 17.8 Å². The SMILES string of the molecule is CNc1cc(C(C)=O)c[nH]1. The molecule has 0 radical (unpaired) electrons. The number of aromatic nitrogens is 1. The molecule has 0 fully saturated rings. The van der Waals surface area contributed by atoms with Gasteiger partial charge in [0.15, 0.2) is 5.78 Å². The number of carbonyl (C=O) groups excluding carboxylic acids is 1. The van der Waals surface area contributed by atoms with Crippen LogP contribution in [0.15, 0.2) is 12.3 Å². The van der Waals surface area contributed by atoms with Crippen LogP contribution in [0, 0.1) is 0 Å². The lowest BCUT2D eigenvalue weighted by atomic mass is 10.2. The lowest BCUT2D eigenvalue weighted by Gasteiger charge is -1.88. The molecule has 3 heteroatoms. The molecule has 3 nitrogen and oxygen atoms in total. The van der Waals surface area contributed by atoms with Crippen molar-refractivity contribution in [3.8, 4) is 0 Å². The molecular weight excluding hydrogens is 128 g/mol. The van der Waals surface area contributed by atoms with Crippen molar-refractivity contribution in [2.24, 2.45) is 0 Å². The van der Waals surface area contributed by atoms with Gasteiger partial charge in [-0.25, -0.2) is 0 Å². The zero-order chi connectivity index (χ0) is 7.56. The first-order valence-corrected chi connectivity index (χ1v) is 3.11. The Bertz CT molecular complexity index is 240. The Morgan fingerprint density at radius 3 is 2.70 bits per heavy atom. The molecule has 0 saturated carbocycles. The summed E-state index contributed by atoms with van der Waals surface area (Å²) in [6.45, 7) is 1.54.